The first-order valence-corrected chi connectivity index (χ1v) is 8.93. The number of carbonyl (C=O) groups excluding carboxylic acids is 2. The first-order chi connectivity index (χ1) is 12.3. The largest absolute Gasteiger partial charge is 0.444 e. The molecule has 26 heavy (non-hydrogen) atoms. The highest BCUT2D eigenvalue weighted by molar-refractivity contribution is 5.76. The standard InChI is InChI=1S/C19H27N3O4/c1-19(2,3)26-18(24)22-11-9-14(10-12-22)13-16(23)20-17(21-25)15-7-5-4-6-8-15/h4-8,14,17H,9-13H2,1-3H3,(H,20,23). The second-order valence-corrected chi connectivity index (χ2v) is 7.60. The van der Waals surface area contributed by atoms with E-state index in [4.69, 9.17) is 4.74 Å². The summed E-state index contributed by atoms with van der Waals surface area (Å²) in [5, 5.41) is 5.68. The Balaban J connectivity index is 1.79. The van der Waals surface area contributed by atoms with E-state index in [2.05, 4.69) is 10.5 Å². The van der Waals surface area contributed by atoms with Gasteiger partial charge in [0.2, 0.25) is 5.91 Å². The summed E-state index contributed by atoms with van der Waals surface area (Å²) in [6.45, 7) is 6.66. The molecule has 2 amide bonds. The number of nitrogens with one attached hydrogen (secondary N) is 1. The summed E-state index contributed by atoms with van der Waals surface area (Å²) in [5.41, 5.74) is 0.151. The monoisotopic (exact) mass is 361 g/mol. The van der Waals surface area contributed by atoms with Crippen molar-refractivity contribution in [3.63, 3.8) is 0 Å². The average Bonchev–Trinajstić information content (AvgIpc) is 2.59. The molecule has 1 aromatic rings. The number of likely N-dealkylation sites (tertiary alicyclic amines) is 1. The number of rotatable bonds is 5. The third-order valence-corrected chi connectivity index (χ3v) is 4.26. The van der Waals surface area contributed by atoms with Gasteiger partial charge in [-0.1, -0.05) is 30.3 Å². The quantitative estimate of drug-likeness (QED) is 0.812. The van der Waals surface area contributed by atoms with Crippen LogP contribution in [0.25, 0.3) is 0 Å². The molecule has 1 aromatic carbocycles. The van der Waals surface area contributed by atoms with E-state index in [1.54, 1.807) is 29.2 Å². The van der Waals surface area contributed by atoms with E-state index in [9.17, 15) is 14.5 Å². The number of piperidine rings is 1. The predicted molar refractivity (Wildman–Crippen MR) is 98.3 cm³/mol. The van der Waals surface area contributed by atoms with Gasteiger partial charge in [0.15, 0.2) is 6.17 Å². The number of hydrogen-bond donors (Lipinski definition) is 1. The lowest BCUT2D eigenvalue weighted by Crippen LogP contribution is -2.42. The van der Waals surface area contributed by atoms with E-state index in [1.807, 2.05) is 26.8 Å². The van der Waals surface area contributed by atoms with Gasteiger partial charge in [-0.05, 0) is 50.3 Å². The van der Waals surface area contributed by atoms with Crippen molar-refractivity contribution in [2.75, 3.05) is 13.1 Å². The minimum atomic E-state index is -0.870. The Bertz CT molecular complexity index is 619. The van der Waals surface area contributed by atoms with Crippen LogP contribution in [0.3, 0.4) is 0 Å². The van der Waals surface area contributed by atoms with E-state index >= 15 is 0 Å². The molecule has 1 saturated heterocycles. The normalized spacial score (nSPS) is 16.7. The van der Waals surface area contributed by atoms with Crippen molar-refractivity contribution >= 4 is 12.0 Å². The van der Waals surface area contributed by atoms with Crippen molar-refractivity contribution < 1.29 is 14.3 Å². The fourth-order valence-electron chi connectivity index (χ4n) is 2.93. The van der Waals surface area contributed by atoms with Gasteiger partial charge in [-0.25, -0.2) is 4.79 Å². The van der Waals surface area contributed by atoms with Crippen LogP contribution in [0.2, 0.25) is 0 Å². The molecule has 0 bridgehead atoms. The van der Waals surface area contributed by atoms with E-state index in [0.717, 1.165) is 12.8 Å². The van der Waals surface area contributed by atoms with Crippen LogP contribution in [0.15, 0.2) is 35.5 Å². The zero-order valence-corrected chi connectivity index (χ0v) is 15.6. The van der Waals surface area contributed by atoms with Crippen molar-refractivity contribution in [2.24, 2.45) is 11.1 Å². The zero-order valence-electron chi connectivity index (χ0n) is 15.6. The minimum Gasteiger partial charge on any atom is -0.444 e. The maximum atomic E-state index is 12.2. The first kappa shape index (κ1) is 19.9. The predicted octanol–water partition coefficient (Wildman–Crippen LogP) is 3.61. The van der Waals surface area contributed by atoms with E-state index < -0.39 is 11.8 Å². The highest BCUT2D eigenvalue weighted by Crippen LogP contribution is 2.23. The molecule has 1 atom stereocenters. The summed E-state index contributed by atoms with van der Waals surface area (Å²) in [4.78, 5) is 37.0. The van der Waals surface area contributed by atoms with Crippen molar-refractivity contribution in [1.82, 2.24) is 10.2 Å². The molecule has 1 fully saturated rings. The molecule has 1 heterocycles. The Morgan fingerprint density at radius 2 is 1.85 bits per heavy atom. The first-order valence-electron chi connectivity index (χ1n) is 8.93. The second kappa shape index (κ2) is 8.78. The topological polar surface area (TPSA) is 88.1 Å². The summed E-state index contributed by atoms with van der Waals surface area (Å²) in [6.07, 6.45) is 0.607. The molecule has 0 saturated carbocycles. The molecule has 0 aliphatic carbocycles. The summed E-state index contributed by atoms with van der Waals surface area (Å²) in [7, 11) is 0. The van der Waals surface area contributed by atoms with E-state index in [0.29, 0.717) is 25.1 Å². The zero-order chi connectivity index (χ0) is 19.2. The highest BCUT2D eigenvalue weighted by Gasteiger charge is 2.28. The Labute approximate surface area is 154 Å². The van der Waals surface area contributed by atoms with Crippen molar-refractivity contribution in [3.8, 4) is 0 Å². The number of ether oxygens (including phenoxy) is 1. The third kappa shape index (κ3) is 6.13. The Kier molecular flexibility index (Phi) is 6.71. The summed E-state index contributed by atoms with van der Waals surface area (Å²) < 4.78 is 5.37. The van der Waals surface area contributed by atoms with Gasteiger partial charge in [-0.3, -0.25) is 4.79 Å². The van der Waals surface area contributed by atoms with E-state index in [-0.39, 0.29) is 17.9 Å². The maximum absolute atomic E-state index is 12.2. The number of carbonyl (C=O) groups is 2. The molecule has 0 spiro atoms. The molecule has 1 aliphatic heterocycles. The average molecular weight is 361 g/mol. The smallest absolute Gasteiger partial charge is 0.410 e. The second-order valence-electron chi connectivity index (χ2n) is 7.60. The lowest BCUT2D eigenvalue weighted by Gasteiger charge is -2.33. The molecule has 1 aliphatic rings. The van der Waals surface area contributed by atoms with Crippen LogP contribution in [0.5, 0.6) is 0 Å². The van der Waals surface area contributed by atoms with Gasteiger partial charge in [0.25, 0.3) is 0 Å². The fraction of sp³-hybridized carbons (Fsp3) is 0.579. The highest BCUT2D eigenvalue weighted by atomic mass is 16.6. The SMILES string of the molecule is CC(C)(C)OC(=O)N1CCC(CC(=O)NC(N=O)c2ccccc2)CC1. The molecule has 142 valence electrons. The number of nitrogens with zero attached hydrogens (tertiary/aromatic N) is 2. The number of hydrogen-bond acceptors (Lipinski definition) is 5. The van der Waals surface area contributed by atoms with Crippen LogP contribution in [-0.2, 0) is 9.53 Å². The van der Waals surface area contributed by atoms with Gasteiger partial charge < -0.3 is 15.0 Å². The molecule has 7 nitrogen and oxygen atoms in total. The Hall–Kier alpha value is -2.44. The molecular weight excluding hydrogens is 334 g/mol. The fourth-order valence-corrected chi connectivity index (χ4v) is 2.93. The van der Waals surface area contributed by atoms with Crippen molar-refractivity contribution in [1.29, 1.82) is 0 Å². The summed E-state index contributed by atoms with van der Waals surface area (Å²) >= 11 is 0. The van der Waals surface area contributed by atoms with Crippen LogP contribution in [0.1, 0.15) is 51.8 Å². The molecule has 0 aromatic heterocycles. The van der Waals surface area contributed by atoms with Gasteiger partial charge in [-0.2, -0.15) is 0 Å². The summed E-state index contributed by atoms with van der Waals surface area (Å²) in [6, 6.07) is 8.95. The van der Waals surface area contributed by atoms with Crippen LogP contribution in [0.4, 0.5) is 4.79 Å². The molecule has 1 unspecified atom stereocenters. The van der Waals surface area contributed by atoms with Crippen LogP contribution >= 0.6 is 0 Å². The molecule has 1 N–H and O–H groups in total. The van der Waals surface area contributed by atoms with Gasteiger partial charge >= 0.3 is 6.09 Å². The lowest BCUT2D eigenvalue weighted by atomic mass is 9.93. The minimum absolute atomic E-state index is 0.178. The van der Waals surface area contributed by atoms with Gasteiger partial charge in [0.1, 0.15) is 5.60 Å². The molecule has 2 rings (SSSR count). The molecule has 0 radical (unpaired) electrons. The number of benzene rings is 1. The lowest BCUT2D eigenvalue weighted by molar-refractivity contribution is -0.123. The molecular formula is C19H27N3O4. The number of nitroso groups, excluding NO2 is 1. The van der Waals surface area contributed by atoms with Crippen molar-refractivity contribution in [3.05, 3.63) is 40.8 Å². The number of amides is 2. The van der Waals surface area contributed by atoms with Crippen LogP contribution in [0, 0.1) is 10.8 Å². The van der Waals surface area contributed by atoms with Gasteiger partial charge in [-0.15, -0.1) is 4.91 Å². The molecule has 7 heteroatoms. The summed E-state index contributed by atoms with van der Waals surface area (Å²) in [5.74, 6) is -0.0223. The third-order valence-electron chi connectivity index (χ3n) is 4.26. The Morgan fingerprint density at radius 3 is 2.38 bits per heavy atom. The van der Waals surface area contributed by atoms with Gasteiger partial charge in [0.05, 0.1) is 0 Å². The van der Waals surface area contributed by atoms with E-state index in [1.165, 1.54) is 0 Å². The Morgan fingerprint density at radius 1 is 1.23 bits per heavy atom. The maximum Gasteiger partial charge on any atom is 0.410 e. The van der Waals surface area contributed by atoms with Crippen molar-refractivity contribution in [2.45, 2.75) is 51.8 Å². The van der Waals surface area contributed by atoms with Crippen LogP contribution in [-0.4, -0.2) is 35.6 Å². The van der Waals surface area contributed by atoms with Gasteiger partial charge in [0, 0.05) is 19.5 Å². The van der Waals surface area contributed by atoms with Crippen LogP contribution < -0.4 is 5.32 Å².